The van der Waals surface area contributed by atoms with Gasteiger partial charge >= 0.3 is 0 Å². The summed E-state index contributed by atoms with van der Waals surface area (Å²) in [7, 11) is 0. The van der Waals surface area contributed by atoms with Crippen molar-refractivity contribution in [3.05, 3.63) is 77.4 Å². The fourth-order valence-electron chi connectivity index (χ4n) is 3.23. The first-order valence-corrected chi connectivity index (χ1v) is 9.81. The number of rotatable bonds is 9. The third-order valence-corrected chi connectivity index (χ3v) is 4.83. The van der Waals surface area contributed by atoms with Gasteiger partial charge in [0.05, 0.1) is 5.56 Å². The molecule has 0 spiro atoms. The number of phenolic OH excluding ortho intramolecular Hbond substituents is 1. The average molecular weight is 404 g/mol. The van der Waals surface area contributed by atoms with Crippen molar-refractivity contribution >= 4 is 12.3 Å². The Morgan fingerprint density at radius 3 is 2.50 bits per heavy atom. The lowest BCUT2D eigenvalue weighted by Crippen LogP contribution is -2.02. The lowest BCUT2D eigenvalue weighted by Gasteiger charge is -2.13. The van der Waals surface area contributed by atoms with Gasteiger partial charge in [-0.2, -0.15) is 0 Å². The Bertz CT molecular complexity index is 1060. The van der Waals surface area contributed by atoms with Crippen molar-refractivity contribution in [1.82, 2.24) is 0 Å². The summed E-state index contributed by atoms with van der Waals surface area (Å²) in [6.07, 6.45) is 1.13. The van der Waals surface area contributed by atoms with Crippen LogP contribution >= 0.6 is 0 Å². The van der Waals surface area contributed by atoms with E-state index in [2.05, 4.69) is 0 Å². The maximum Gasteiger partial charge on any atom is 0.298 e. The summed E-state index contributed by atoms with van der Waals surface area (Å²) >= 11 is 0. The maximum atomic E-state index is 12.1. The predicted molar refractivity (Wildman–Crippen MR) is 115 cm³/mol. The fourth-order valence-corrected chi connectivity index (χ4v) is 3.23. The second-order valence-electron chi connectivity index (χ2n) is 6.99. The Balaban J connectivity index is 1.76. The third-order valence-electron chi connectivity index (χ3n) is 4.83. The maximum absolute atomic E-state index is 12.1. The summed E-state index contributed by atoms with van der Waals surface area (Å²) < 4.78 is 10.8. The number of ether oxygens (including phenoxy) is 2. The second-order valence-corrected chi connectivity index (χ2v) is 6.99. The molecular formula is C25H24O5. The van der Waals surface area contributed by atoms with Crippen LogP contribution in [0.2, 0.25) is 0 Å². The van der Waals surface area contributed by atoms with Crippen molar-refractivity contribution in [3.8, 4) is 28.4 Å². The van der Waals surface area contributed by atoms with E-state index < -0.39 is 0 Å². The van der Waals surface area contributed by atoms with Gasteiger partial charge in [0.1, 0.15) is 23.9 Å². The van der Waals surface area contributed by atoms with Crippen LogP contribution in [-0.4, -0.2) is 17.4 Å². The van der Waals surface area contributed by atoms with E-state index in [0.29, 0.717) is 42.1 Å². The molecular weight excluding hydrogens is 380 g/mol. The molecule has 30 heavy (non-hydrogen) atoms. The topological polar surface area (TPSA) is 72.8 Å². The van der Waals surface area contributed by atoms with Crippen molar-refractivity contribution < 1.29 is 24.2 Å². The van der Waals surface area contributed by atoms with Crippen LogP contribution in [0.4, 0.5) is 0 Å². The van der Waals surface area contributed by atoms with E-state index >= 15 is 0 Å². The van der Waals surface area contributed by atoms with Crippen LogP contribution < -0.4 is 9.47 Å². The van der Waals surface area contributed by atoms with E-state index in [1.807, 2.05) is 43.3 Å². The van der Waals surface area contributed by atoms with Gasteiger partial charge in [0.15, 0.2) is 5.78 Å². The molecule has 3 aromatic carbocycles. The van der Waals surface area contributed by atoms with E-state index in [9.17, 15) is 14.7 Å². The first kappa shape index (κ1) is 21.1. The largest absolute Gasteiger partial charge is 0.507 e. The normalized spacial score (nSPS) is 10.5. The molecule has 1 N–H and O–H groups in total. The van der Waals surface area contributed by atoms with Crippen LogP contribution in [0.5, 0.6) is 17.2 Å². The summed E-state index contributed by atoms with van der Waals surface area (Å²) in [6.45, 7) is 4.38. The highest BCUT2D eigenvalue weighted by Crippen LogP contribution is 2.32. The van der Waals surface area contributed by atoms with E-state index in [1.54, 1.807) is 31.2 Å². The van der Waals surface area contributed by atoms with Gasteiger partial charge in [-0.3, -0.25) is 9.59 Å². The molecule has 5 heteroatoms. The number of aromatic hydroxyl groups is 1. The minimum atomic E-state index is -0.0712. The summed E-state index contributed by atoms with van der Waals surface area (Å²) in [5.74, 6) is 0.921. The number of carbonyl (C=O) groups is 2. The molecule has 0 aliphatic carbocycles. The lowest BCUT2D eigenvalue weighted by atomic mass is 10.0. The highest BCUT2D eigenvalue weighted by atomic mass is 16.5. The van der Waals surface area contributed by atoms with Crippen LogP contribution in [0.15, 0.2) is 60.7 Å². The number of Topliss-reactive ketones (excluding diaryl/α,β-unsaturated/α-hetero) is 1. The molecule has 0 saturated heterocycles. The first-order chi connectivity index (χ1) is 14.5. The molecule has 0 aliphatic heterocycles. The summed E-state index contributed by atoms with van der Waals surface area (Å²) in [4.78, 5) is 22.7. The van der Waals surface area contributed by atoms with Crippen molar-refractivity contribution in [2.24, 2.45) is 0 Å². The number of ketones is 1. The average Bonchev–Trinajstić information content (AvgIpc) is 2.75. The fraction of sp³-hybridized carbons (Fsp3) is 0.200. The van der Waals surface area contributed by atoms with E-state index in [4.69, 9.17) is 9.47 Å². The number of hydrogen-bond acceptors (Lipinski definition) is 5. The summed E-state index contributed by atoms with van der Waals surface area (Å²) in [5.41, 5.74) is 3.71. The number of benzene rings is 3. The summed E-state index contributed by atoms with van der Waals surface area (Å²) in [6, 6.07) is 18.5. The van der Waals surface area contributed by atoms with E-state index in [-0.39, 0.29) is 11.5 Å². The number of hydrogen-bond donors (Lipinski definition) is 1. The molecule has 3 rings (SSSR count). The zero-order valence-corrected chi connectivity index (χ0v) is 17.1. The molecule has 154 valence electrons. The number of carbonyl (C=O) groups excluding carboxylic acids is 2. The van der Waals surface area contributed by atoms with Gasteiger partial charge in [-0.05, 0) is 60.4 Å². The van der Waals surface area contributed by atoms with Gasteiger partial charge < -0.3 is 14.6 Å². The molecule has 0 amide bonds. The van der Waals surface area contributed by atoms with Crippen LogP contribution in [0.3, 0.4) is 0 Å². The second kappa shape index (κ2) is 9.74. The molecule has 3 aromatic rings. The standard InChI is InChI=1S/C25H24O5/c1-3-6-23(27)22-11-12-24(17(2)25(22)28)29-15-18-7-4-8-19(13-18)20-9-5-10-21(14-20)30-16-26/h4-5,7-14,16,28H,3,6,15H2,1-2H3. The molecule has 0 radical (unpaired) electrons. The summed E-state index contributed by atoms with van der Waals surface area (Å²) in [5, 5.41) is 10.4. The minimum Gasteiger partial charge on any atom is -0.507 e. The predicted octanol–water partition coefficient (Wildman–Crippen LogP) is 5.46. The Morgan fingerprint density at radius 2 is 1.77 bits per heavy atom. The molecule has 5 nitrogen and oxygen atoms in total. The van der Waals surface area contributed by atoms with Crippen molar-refractivity contribution in [2.45, 2.75) is 33.3 Å². The van der Waals surface area contributed by atoms with Crippen LogP contribution in [0.25, 0.3) is 11.1 Å². The SMILES string of the molecule is CCCC(=O)c1ccc(OCc2cccc(-c3cccc(OC=O)c3)c2)c(C)c1O. The van der Waals surface area contributed by atoms with Crippen molar-refractivity contribution in [2.75, 3.05) is 0 Å². The van der Waals surface area contributed by atoms with Crippen molar-refractivity contribution in [1.29, 1.82) is 0 Å². The van der Waals surface area contributed by atoms with Gasteiger partial charge in [-0.1, -0.05) is 37.3 Å². The van der Waals surface area contributed by atoms with Gasteiger partial charge in [-0.15, -0.1) is 0 Å². The molecule has 0 aromatic heterocycles. The highest BCUT2D eigenvalue weighted by Gasteiger charge is 2.15. The molecule has 0 atom stereocenters. The quantitative estimate of drug-likeness (QED) is 0.378. The van der Waals surface area contributed by atoms with Crippen LogP contribution in [0, 0.1) is 6.92 Å². The van der Waals surface area contributed by atoms with Gasteiger partial charge in [0, 0.05) is 12.0 Å². The van der Waals surface area contributed by atoms with E-state index in [1.165, 1.54) is 0 Å². The monoisotopic (exact) mass is 404 g/mol. The Hall–Kier alpha value is -3.60. The molecule has 0 bridgehead atoms. The Morgan fingerprint density at radius 1 is 1.03 bits per heavy atom. The van der Waals surface area contributed by atoms with E-state index in [0.717, 1.165) is 23.1 Å². The van der Waals surface area contributed by atoms with Crippen LogP contribution in [0.1, 0.15) is 41.3 Å². The Kier molecular flexibility index (Phi) is 6.86. The highest BCUT2D eigenvalue weighted by molar-refractivity contribution is 5.99. The molecule has 0 unspecified atom stereocenters. The molecule has 0 saturated carbocycles. The Labute approximate surface area is 175 Å². The van der Waals surface area contributed by atoms with Gasteiger partial charge in [0.25, 0.3) is 6.47 Å². The molecule has 0 aliphatic rings. The molecule has 0 heterocycles. The lowest BCUT2D eigenvalue weighted by molar-refractivity contribution is -0.120. The zero-order chi connectivity index (χ0) is 21.5. The first-order valence-electron chi connectivity index (χ1n) is 9.81. The van der Waals surface area contributed by atoms with Gasteiger partial charge in [-0.25, -0.2) is 0 Å². The number of phenols is 1. The van der Waals surface area contributed by atoms with Crippen molar-refractivity contribution in [3.63, 3.8) is 0 Å². The third kappa shape index (κ3) is 4.87. The zero-order valence-electron chi connectivity index (χ0n) is 17.1. The molecule has 0 fully saturated rings. The van der Waals surface area contributed by atoms with Crippen LogP contribution in [-0.2, 0) is 11.4 Å². The smallest absolute Gasteiger partial charge is 0.298 e. The van der Waals surface area contributed by atoms with Gasteiger partial charge in [0.2, 0.25) is 0 Å². The minimum absolute atomic E-state index is 0.0216.